The number of Topliss-reactive ketones (excluding diaryl/α,β-unsaturated/α-hetero) is 1. The van der Waals surface area contributed by atoms with Gasteiger partial charge in [0.05, 0.1) is 4.88 Å². The fourth-order valence-electron chi connectivity index (χ4n) is 1.37. The van der Waals surface area contributed by atoms with E-state index >= 15 is 0 Å². The van der Waals surface area contributed by atoms with Gasteiger partial charge in [-0.05, 0) is 47.9 Å². The lowest BCUT2D eigenvalue weighted by Gasteiger charge is -2.00. The van der Waals surface area contributed by atoms with Gasteiger partial charge in [0, 0.05) is 10.5 Å². The summed E-state index contributed by atoms with van der Waals surface area (Å²) in [5.41, 5.74) is 1.64. The number of hydrogen-bond acceptors (Lipinski definition) is 3. The van der Waals surface area contributed by atoms with Gasteiger partial charge in [0.15, 0.2) is 0 Å². The second kappa shape index (κ2) is 5.22. The third-order valence-electron chi connectivity index (χ3n) is 2.22. The normalized spacial score (nSPS) is 9.53. The Labute approximate surface area is 110 Å². The van der Waals surface area contributed by atoms with Crippen LogP contribution in [0.1, 0.15) is 20.8 Å². The molecule has 0 N–H and O–H groups in total. The monoisotopic (exact) mass is 258 g/mol. The Morgan fingerprint density at radius 3 is 2.82 bits per heavy atom. The molecule has 0 atom stereocenters. The molecule has 0 aliphatic carbocycles. The molecular weight excluding hydrogens is 248 g/mol. The molecule has 1 aromatic carbocycles. The van der Waals surface area contributed by atoms with Gasteiger partial charge in [-0.25, -0.2) is 0 Å². The van der Waals surface area contributed by atoms with Crippen LogP contribution in [0, 0.1) is 18.8 Å². The fourth-order valence-corrected chi connectivity index (χ4v) is 2.32. The maximum Gasteiger partial charge on any atom is 0.237 e. The molecule has 0 radical (unpaired) electrons. The number of thiol groups is 1. The Bertz CT molecular complexity index is 601. The largest absolute Gasteiger partial charge is 0.279 e. The van der Waals surface area contributed by atoms with E-state index in [0.717, 1.165) is 10.4 Å². The first-order valence-electron chi connectivity index (χ1n) is 5.06. The second-order valence-corrected chi connectivity index (χ2v) is 5.01. The van der Waals surface area contributed by atoms with E-state index in [1.165, 1.54) is 11.3 Å². The molecule has 0 bridgehead atoms. The number of hydrogen-bond donors (Lipinski definition) is 1. The fraction of sp³-hybridized carbons (Fsp3) is 0.0714. The van der Waals surface area contributed by atoms with E-state index in [1.54, 1.807) is 6.07 Å². The van der Waals surface area contributed by atoms with Crippen LogP contribution in [-0.2, 0) is 0 Å². The third-order valence-corrected chi connectivity index (χ3v) is 3.37. The molecule has 2 aromatic rings. The van der Waals surface area contributed by atoms with Crippen LogP contribution in [0.25, 0.3) is 0 Å². The average molecular weight is 258 g/mol. The van der Waals surface area contributed by atoms with E-state index < -0.39 is 0 Å². The van der Waals surface area contributed by atoms with Gasteiger partial charge in [-0.15, -0.1) is 24.0 Å². The van der Waals surface area contributed by atoms with Gasteiger partial charge in [0.25, 0.3) is 0 Å². The highest BCUT2D eigenvalue weighted by Gasteiger charge is 2.06. The third kappa shape index (κ3) is 3.00. The lowest BCUT2D eigenvalue weighted by Crippen LogP contribution is -1.96. The molecule has 0 saturated heterocycles. The molecule has 1 aromatic heterocycles. The molecule has 0 amide bonds. The van der Waals surface area contributed by atoms with E-state index in [9.17, 15) is 4.79 Å². The van der Waals surface area contributed by atoms with Gasteiger partial charge in [-0.3, -0.25) is 4.79 Å². The standard InChI is InChI=1S/C14H10OS2/c1-10-4-6-12(14(16)9-10)13(15)7-5-11-3-2-8-17-11/h2-4,6,8-9,16H,1H3. The lowest BCUT2D eigenvalue weighted by molar-refractivity contribution is 0.105. The minimum Gasteiger partial charge on any atom is -0.279 e. The summed E-state index contributed by atoms with van der Waals surface area (Å²) >= 11 is 5.81. The molecule has 17 heavy (non-hydrogen) atoms. The quantitative estimate of drug-likeness (QED) is 0.470. The SMILES string of the molecule is Cc1ccc(C(=O)C#Cc2cccs2)c(S)c1. The van der Waals surface area contributed by atoms with Crippen LogP contribution >= 0.6 is 24.0 Å². The molecule has 0 fully saturated rings. The van der Waals surface area contributed by atoms with Gasteiger partial charge in [-0.2, -0.15) is 0 Å². The minimum atomic E-state index is -0.191. The molecule has 0 spiro atoms. The second-order valence-electron chi connectivity index (χ2n) is 3.58. The number of aryl methyl sites for hydroxylation is 1. The Kier molecular flexibility index (Phi) is 3.68. The predicted molar refractivity (Wildman–Crippen MR) is 74.0 cm³/mol. The van der Waals surface area contributed by atoms with Crippen LogP contribution < -0.4 is 0 Å². The molecule has 0 unspecified atom stereocenters. The molecule has 2 rings (SSSR count). The highest BCUT2D eigenvalue weighted by molar-refractivity contribution is 7.80. The first-order chi connectivity index (χ1) is 8.16. The van der Waals surface area contributed by atoms with Crippen molar-refractivity contribution in [2.24, 2.45) is 0 Å². The molecular formula is C14H10OS2. The average Bonchev–Trinajstić information content (AvgIpc) is 2.78. The molecule has 3 heteroatoms. The van der Waals surface area contributed by atoms with E-state index in [2.05, 4.69) is 24.5 Å². The first-order valence-corrected chi connectivity index (χ1v) is 6.39. The minimum absolute atomic E-state index is 0.191. The van der Waals surface area contributed by atoms with Crippen LogP contribution in [-0.4, -0.2) is 5.78 Å². The van der Waals surface area contributed by atoms with Gasteiger partial charge in [0.1, 0.15) is 0 Å². The molecule has 1 nitrogen and oxygen atoms in total. The summed E-state index contributed by atoms with van der Waals surface area (Å²) in [5, 5.41) is 1.93. The lowest BCUT2D eigenvalue weighted by atomic mass is 10.1. The van der Waals surface area contributed by atoms with Crippen molar-refractivity contribution in [2.75, 3.05) is 0 Å². The highest BCUT2D eigenvalue weighted by atomic mass is 32.1. The predicted octanol–water partition coefficient (Wildman–Crippen LogP) is 3.58. The van der Waals surface area contributed by atoms with Crippen LogP contribution in [0.3, 0.4) is 0 Å². The van der Waals surface area contributed by atoms with Crippen molar-refractivity contribution in [1.29, 1.82) is 0 Å². The number of benzene rings is 1. The number of carbonyl (C=O) groups is 1. The van der Waals surface area contributed by atoms with E-state index in [-0.39, 0.29) is 5.78 Å². The molecule has 0 saturated carbocycles. The van der Waals surface area contributed by atoms with Crippen molar-refractivity contribution >= 4 is 29.7 Å². The van der Waals surface area contributed by atoms with Crippen LogP contribution in [0.15, 0.2) is 40.6 Å². The van der Waals surface area contributed by atoms with Crippen molar-refractivity contribution in [3.8, 4) is 11.8 Å². The Hall–Kier alpha value is -1.50. The van der Waals surface area contributed by atoms with Gasteiger partial charge < -0.3 is 0 Å². The van der Waals surface area contributed by atoms with Crippen molar-refractivity contribution in [3.05, 3.63) is 51.7 Å². The maximum absolute atomic E-state index is 11.9. The van der Waals surface area contributed by atoms with Crippen molar-refractivity contribution < 1.29 is 4.79 Å². The molecule has 0 aliphatic heterocycles. The topological polar surface area (TPSA) is 17.1 Å². The smallest absolute Gasteiger partial charge is 0.237 e. The van der Waals surface area contributed by atoms with E-state index in [0.29, 0.717) is 10.5 Å². The number of rotatable bonds is 1. The Morgan fingerprint density at radius 2 is 2.18 bits per heavy atom. The number of ketones is 1. The summed E-state index contributed by atoms with van der Waals surface area (Å²) in [6, 6.07) is 9.32. The summed E-state index contributed by atoms with van der Waals surface area (Å²) in [4.78, 5) is 13.4. The van der Waals surface area contributed by atoms with Gasteiger partial charge >= 0.3 is 0 Å². The van der Waals surface area contributed by atoms with E-state index in [1.807, 2.05) is 36.6 Å². The molecule has 84 valence electrons. The Balaban J connectivity index is 2.26. The van der Waals surface area contributed by atoms with Crippen LogP contribution in [0.5, 0.6) is 0 Å². The van der Waals surface area contributed by atoms with Gasteiger partial charge in [0.2, 0.25) is 5.78 Å². The summed E-state index contributed by atoms with van der Waals surface area (Å²) in [6.45, 7) is 1.96. The molecule has 1 heterocycles. The summed E-state index contributed by atoms with van der Waals surface area (Å²) < 4.78 is 0. The van der Waals surface area contributed by atoms with Crippen molar-refractivity contribution in [2.45, 2.75) is 11.8 Å². The summed E-state index contributed by atoms with van der Waals surface area (Å²) in [7, 11) is 0. The van der Waals surface area contributed by atoms with Crippen LogP contribution in [0.2, 0.25) is 0 Å². The number of carbonyl (C=O) groups excluding carboxylic acids is 1. The van der Waals surface area contributed by atoms with E-state index in [4.69, 9.17) is 0 Å². The van der Waals surface area contributed by atoms with Crippen molar-refractivity contribution in [1.82, 2.24) is 0 Å². The highest BCUT2D eigenvalue weighted by Crippen LogP contribution is 2.16. The van der Waals surface area contributed by atoms with Crippen molar-refractivity contribution in [3.63, 3.8) is 0 Å². The first kappa shape index (κ1) is 12.0. The Morgan fingerprint density at radius 1 is 1.35 bits per heavy atom. The summed E-state index contributed by atoms with van der Waals surface area (Å²) in [5.74, 6) is 5.29. The summed E-state index contributed by atoms with van der Waals surface area (Å²) in [6.07, 6.45) is 0. The zero-order chi connectivity index (χ0) is 12.3. The van der Waals surface area contributed by atoms with Crippen LogP contribution in [0.4, 0.5) is 0 Å². The zero-order valence-electron chi connectivity index (χ0n) is 9.23. The number of thiophene rings is 1. The van der Waals surface area contributed by atoms with Gasteiger partial charge in [-0.1, -0.05) is 12.1 Å². The maximum atomic E-state index is 11.9. The zero-order valence-corrected chi connectivity index (χ0v) is 10.9. The molecule has 0 aliphatic rings.